The number of thioether (sulfide) groups is 2. The van der Waals surface area contributed by atoms with Gasteiger partial charge < -0.3 is 5.32 Å². The Morgan fingerprint density at radius 2 is 2.36 bits per heavy atom. The van der Waals surface area contributed by atoms with E-state index in [1.807, 2.05) is 23.5 Å². The van der Waals surface area contributed by atoms with Crippen molar-refractivity contribution < 1.29 is 0 Å². The molecule has 3 atom stereocenters. The van der Waals surface area contributed by atoms with Crippen LogP contribution in [0.1, 0.15) is 20.8 Å². The van der Waals surface area contributed by atoms with Gasteiger partial charge in [-0.05, 0) is 19.1 Å². The zero-order valence-electron chi connectivity index (χ0n) is 9.41. The zero-order valence-corrected chi connectivity index (χ0v) is 11.0. The summed E-state index contributed by atoms with van der Waals surface area (Å²) < 4.78 is 0. The lowest BCUT2D eigenvalue weighted by Crippen LogP contribution is -2.41. The van der Waals surface area contributed by atoms with Crippen LogP contribution in [0.25, 0.3) is 0 Å². The highest BCUT2D eigenvalue weighted by Gasteiger charge is 2.20. The second-order valence-corrected chi connectivity index (χ2v) is 6.20. The Morgan fingerprint density at radius 3 is 2.93 bits per heavy atom. The predicted octanol–water partition coefficient (Wildman–Crippen LogP) is 2.45. The van der Waals surface area contributed by atoms with Crippen LogP contribution in [0.5, 0.6) is 0 Å². The van der Waals surface area contributed by atoms with Gasteiger partial charge in [-0.15, -0.1) is 0 Å². The van der Waals surface area contributed by atoms with E-state index in [1.54, 1.807) is 0 Å². The van der Waals surface area contributed by atoms with Crippen molar-refractivity contribution in [1.29, 1.82) is 0 Å². The van der Waals surface area contributed by atoms with Crippen molar-refractivity contribution in [2.24, 2.45) is 10.9 Å². The maximum absolute atomic E-state index is 4.59. The van der Waals surface area contributed by atoms with E-state index in [4.69, 9.17) is 0 Å². The third-order valence-corrected chi connectivity index (χ3v) is 4.75. The fourth-order valence-corrected chi connectivity index (χ4v) is 2.48. The van der Waals surface area contributed by atoms with Crippen LogP contribution in [0.4, 0.5) is 0 Å². The number of aliphatic imine (C=N–C) groups is 1. The van der Waals surface area contributed by atoms with E-state index in [9.17, 15) is 0 Å². The molecular formula is C10H20N2S2. The summed E-state index contributed by atoms with van der Waals surface area (Å²) in [5.41, 5.74) is 0. The highest BCUT2D eigenvalue weighted by atomic mass is 32.2. The van der Waals surface area contributed by atoms with Crippen LogP contribution in [0.15, 0.2) is 4.99 Å². The first-order chi connectivity index (χ1) is 6.63. The van der Waals surface area contributed by atoms with Crippen LogP contribution < -0.4 is 5.32 Å². The van der Waals surface area contributed by atoms with Gasteiger partial charge in [-0.25, -0.2) is 0 Å². The summed E-state index contributed by atoms with van der Waals surface area (Å²) in [7, 11) is 0. The van der Waals surface area contributed by atoms with Gasteiger partial charge in [0.1, 0.15) is 0 Å². The molecule has 82 valence electrons. The Kier molecular flexibility index (Phi) is 5.17. The van der Waals surface area contributed by atoms with Gasteiger partial charge >= 0.3 is 0 Å². The van der Waals surface area contributed by atoms with E-state index >= 15 is 0 Å². The smallest absolute Gasteiger partial charge is 0.156 e. The molecule has 1 fully saturated rings. The summed E-state index contributed by atoms with van der Waals surface area (Å²) >= 11 is 3.73. The summed E-state index contributed by atoms with van der Waals surface area (Å²) in [5.74, 6) is 1.94. The van der Waals surface area contributed by atoms with E-state index in [-0.39, 0.29) is 0 Å². The average molecular weight is 232 g/mol. The highest BCUT2D eigenvalue weighted by molar-refractivity contribution is 8.13. The molecule has 0 spiro atoms. The van der Waals surface area contributed by atoms with Crippen LogP contribution in [0.2, 0.25) is 0 Å². The number of hydrogen-bond acceptors (Lipinski definition) is 3. The Hall–Kier alpha value is 0.170. The maximum atomic E-state index is 4.59. The highest BCUT2D eigenvalue weighted by Crippen LogP contribution is 2.19. The summed E-state index contributed by atoms with van der Waals surface area (Å²) in [4.78, 5) is 4.59. The van der Waals surface area contributed by atoms with Gasteiger partial charge in [-0.3, -0.25) is 4.99 Å². The molecule has 4 heteroatoms. The molecule has 14 heavy (non-hydrogen) atoms. The third-order valence-electron chi connectivity index (χ3n) is 2.58. The zero-order chi connectivity index (χ0) is 10.6. The summed E-state index contributed by atoms with van der Waals surface area (Å²) in [5, 5.41) is 5.21. The first-order valence-corrected chi connectivity index (χ1v) is 7.37. The van der Waals surface area contributed by atoms with Crippen molar-refractivity contribution in [3.63, 3.8) is 0 Å². The topological polar surface area (TPSA) is 24.4 Å². The number of amidine groups is 1. The van der Waals surface area contributed by atoms with Crippen LogP contribution in [-0.4, -0.2) is 35.0 Å². The Morgan fingerprint density at radius 1 is 1.64 bits per heavy atom. The Labute approximate surface area is 95.7 Å². The molecule has 3 unspecified atom stereocenters. The number of rotatable bonds is 3. The fraction of sp³-hybridized carbons (Fsp3) is 0.900. The number of nitrogens with zero attached hydrogens (tertiary/aromatic N) is 1. The van der Waals surface area contributed by atoms with Crippen molar-refractivity contribution >= 4 is 28.7 Å². The molecule has 1 aliphatic rings. The lowest BCUT2D eigenvalue weighted by Gasteiger charge is -2.28. The van der Waals surface area contributed by atoms with E-state index in [2.05, 4.69) is 37.3 Å². The SMILES string of the molecule is CSC(C)CN=C1NC(C)C(C)CS1. The molecule has 0 amide bonds. The molecule has 1 N–H and O–H groups in total. The van der Waals surface area contributed by atoms with Gasteiger partial charge in [-0.1, -0.05) is 25.6 Å². The second kappa shape index (κ2) is 5.91. The molecule has 1 heterocycles. The molecule has 0 saturated carbocycles. The van der Waals surface area contributed by atoms with E-state index < -0.39 is 0 Å². The van der Waals surface area contributed by atoms with Crippen molar-refractivity contribution in [1.82, 2.24) is 5.32 Å². The lowest BCUT2D eigenvalue weighted by atomic mass is 10.1. The van der Waals surface area contributed by atoms with Crippen molar-refractivity contribution in [3.05, 3.63) is 0 Å². The van der Waals surface area contributed by atoms with Crippen molar-refractivity contribution in [2.75, 3.05) is 18.6 Å². The quantitative estimate of drug-likeness (QED) is 0.809. The van der Waals surface area contributed by atoms with E-state index in [0.29, 0.717) is 11.3 Å². The van der Waals surface area contributed by atoms with Gasteiger partial charge in [0.2, 0.25) is 0 Å². The largest absolute Gasteiger partial charge is 0.362 e. The Balaban J connectivity index is 2.38. The molecule has 2 nitrogen and oxygen atoms in total. The normalized spacial score (nSPS) is 32.7. The first-order valence-electron chi connectivity index (χ1n) is 5.10. The van der Waals surface area contributed by atoms with Gasteiger partial charge in [-0.2, -0.15) is 11.8 Å². The monoisotopic (exact) mass is 232 g/mol. The molecular weight excluding hydrogens is 212 g/mol. The van der Waals surface area contributed by atoms with Gasteiger partial charge in [0.15, 0.2) is 5.17 Å². The van der Waals surface area contributed by atoms with Crippen LogP contribution >= 0.6 is 23.5 Å². The molecule has 1 aliphatic heterocycles. The fourth-order valence-electron chi connectivity index (χ4n) is 1.11. The molecule has 0 radical (unpaired) electrons. The molecule has 0 aromatic rings. The minimum atomic E-state index is 0.569. The van der Waals surface area contributed by atoms with Gasteiger partial charge in [0.25, 0.3) is 0 Å². The predicted molar refractivity (Wildman–Crippen MR) is 69.5 cm³/mol. The first kappa shape index (κ1) is 12.2. The minimum Gasteiger partial charge on any atom is -0.362 e. The average Bonchev–Trinajstić information content (AvgIpc) is 2.19. The number of nitrogens with one attached hydrogen (secondary N) is 1. The Bertz CT molecular complexity index is 206. The van der Waals surface area contributed by atoms with Gasteiger partial charge in [0, 0.05) is 17.0 Å². The van der Waals surface area contributed by atoms with Crippen molar-refractivity contribution in [2.45, 2.75) is 32.1 Å². The molecule has 0 bridgehead atoms. The lowest BCUT2D eigenvalue weighted by molar-refractivity contribution is 0.490. The van der Waals surface area contributed by atoms with Crippen molar-refractivity contribution in [3.8, 4) is 0 Å². The molecule has 0 aromatic heterocycles. The second-order valence-electron chi connectivity index (χ2n) is 3.91. The van der Waals surface area contributed by atoms with Crippen LogP contribution in [0, 0.1) is 5.92 Å². The van der Waals surface area contributed by atoms with E-state index in [0.717, 1.165) is 17.6 Å². The van der Waals surface area contributed by atoms with Crippen LogP contribution in [0.3, 0.4) is 0 Å². The van der Waals surface area contributed by atoms with Gasteiger partial charge in [0.05, 0.1) is 6.54 Å². The molecule has 0 aliphatic carbocycles. The summed E-state index contributed by atoms with van der Waals surface area (Å²) in [6.07, 6.45) is 2.14. The van der Waals surface area contributed by atoms with Crippen LogP contribution in [-0.2, 0) is 0 Å². The molecule has 0 aromatic carbocycles. The maximum Gasteiger partial charge on any atom is 0.156 e. The summed E-state index contributed by atoms with van der Waals surface area (Å²) in [6.45, 7) is 7.66. The summed E-state index contributed by atoms with van der Waals surface area (Å²) in [6, 6.07) is 0.569. The third kappa shape index (κ3) is 3.73. The standard InChI is InChI=1S/C10H20N2S2/c1-7-6-14-10(12-9(7)3)11-5-8(2)13-4/h7-9H,5-6H2,1-4H3,(H,11,12). The molecule has 1 rings (SSSR count). The molecule has 1 saturated heterocycles. The van der Waals surface area contributed by atoms with E-state index in [1.165, 1.54) is 5.75 Å². The number of hydrogen-bond donors (Lipinski definition) is 1. The minimum absolute atomic E-state index is 0.569.